The molecule has 1 heterocycles. The lowest BCUT2D eigenvalue weighted by atomic mass is 9.98. The number of ether oxygens (including phenoxy) is 1. The number of carbonyl (C=O) groups is 4. The normalized spacial score (nSPS) is 10.4. The molecule has 0 saturated carbocycles. The number of nitrogens with one attached hydrogen (secondary N) is 1. The molecule has 0 spiro atoms. The first-order chi connectivity index (χ1) is 16.2. The monoisotopic (exact) mass is 481 g/mol. The molecule has 34 heavy (non-hydrogen) atoms. The van der Waals surface area contributed by atoms with Gasteiger partial charge in [-0.05, 0) is 36.6 Å². The summed E-state index contributed by atoms with van der Waals surface area (Å²) in [6, 6.07) is 13.0. The van der Waals surface area contributed by atoms with E-state index in [1.165, 1.54) is 58.8 Å². The minimum Gasteiger partial charge on any atom is -0.452 e. The topological polar surface area (TPSA) is 138 Å². The minimum atomic E-state index is -0.958. The van der Waals surface area contributed by atoms with Crippen LogP contribution in [0, 0.1) is 10.1 Å². The van der Waals surface area contributed by atoms with Gasteiger partial charge in [-0.25, -0.2) is 4.79 Å². The van der Waals surface area contributed by atoms with Gasteiger partial charge in [0.15, 0.2) is 12.4 Å². The zero-order chi connectivity index (χ0) is 24.8. The molecule has 0 unspecified atom stereocenters. The molecule has 10 nitrogen and oxygen atoms in total. The molecule has 0 radical (unpaired) electrons. The Morgan fingerprint density at radius 3 is 2.38 bits per heavy atom. The second-order valence-electron chi connectivity index (χ2n) is 6.98. The molecule has 2 amide bonds. The number of aryl methyl sites for hydroxylation is 1. The molecule has 11 heteroatoms. The second-order valence-corrected chi connectivity index (χ2v) is 7.82. The van der Waals surface area contributed by atoms with Gasteiger partial charge in [0.25, 0.3) is 17.5 Å². The van der Waals surface area contributed by atoms with Crippen molar-refractivity contribution in [3.8, 4) is 0 Å². The lowest BCUT2D eigenvalue weighted by Gasteiger charge is -2.10. The van der Waals surface area contributed by atoms with Crippen LogP contribution >= 0.6 is 11.8 Å². The highest BCUT2D eigenvalue weighted by Gasteiger charge is 2.23. The average molecular weight is 481 g/mol. The summed E-state index contributed by atoms with van der Waals surface area (Å²) in [5.74, 6) is -3.07. The molecular formula is C23H19N3O7S. The van der Waals surface area contributed by atoms with Crippen LogP contribution in [0.4, 0.5) is 5.69 Å². The van der Waals surface area contributed by atoms with E-state index in [1.807, 2.05) is 0 Å². The van der Waals surface area contributed by atoms with Gasteiger partial charge in [0.05, 0.1) is 15.4 Å². The fourth-order valence-corrected chi connectivity index (χ4v) is 3.67. The lowest BCUT2D eigenvalue weighted by molar-refractivity contribution is -0.387. The van der Waals surface area contributed by atoms with Crippen molar-refractivity contribution in [1.29, 1.82) is 0 Å². The maximum atomic E-state index is 13.0. The van der Waals surface area contributed by atoms with E-state index in [4.69, 9.17) is 4.74 Å². The molecule has 3 rings (SSSR count). The Morgan fingerprint density at radius 1 is 1.06 bits per heavy atom. The molecular weight excluding hydrogens is 462 g/mol. The number of ketones is 1. The molecule has 174 valence electrons. The summed E-state index contributed by atoms with van der Waals surface area (Å²) in [5, 5.41) is 13.4. The number of amides is 2. The summed E-state index contributed by atoms with van der Waals surface area (Å²) in [5.41, 5.74) is -0.115. The van der Waals surface area contributed by atoms with E-state index in [0.717, 1.165) is 6.07 Å². The van der Waals surface area contributed by atoms with Crippen molar-refractivity contribution in [1.82, 2.24) is 9.88 Å². The highest BCUT2D eigenvalue weighted by atomic mass is 32.2. The van der Waals surface area contributed by atoms with Gasteiger partial charge < -0.3 is 9.30 Å². The van der Waals surface area contributed by atoms with Crippen molar-refractivity contribution in [2.75, 3.05) is 12.9 Å². The zero-order valence-corrected chi connectivity index (χ0v) is 19.0. The first-order valence-electron chi connectivity index (χ1n) is 9.81. The Bertz CT molecular complexity index is 1300. The van der Waals surface area contributed by atoms with Crippen molar-refractivity contribution in [3.05, 3.63) is 93.3 Å². The highest BCUT2D eigenvalue weighted by Crippen LogP contribution is 2.29. The molecule has 0 aliphatic carbocycles. The first-order valence-corrected chi connectivity index (χ1v) is 11.0. The molecule has 3 aromatic rings. The summed E-state index contributed by atoms with van der Waals surface area (Å²) in [6.45, 7) is -0.745. The standard InChI is InChI=1S/C23H19N3O7S/c1-25-11-5-8-17(25)22(29)24-20(27)13-33-23(30)16-7-4-3-6-15(16)21(28)14-9-10-19(34-2)18(12-14)26(31)32/h3-12H,13H2,1-2H3,(H,24,27,29). The molecule has 1 aromatic heterocycles. The number of rotatable bonds is 8. The van der Waals surface area contributed by atoms with Crippen LogP contribution in [0.1, 0.15) is 36.8 Å². The number of nitro benzene ring substituents is 1. The third-order valence-electron chi connectivity index (χ3n) is 4.79. The molecule has 0 atom stereocenters. The van der Waals surface area contributed by atoms with Crippen LogP contribution in [0.15, 0.2) is 65.7 Å². The Labute approximate surface area is 198 Å². The summed E-state index contributed by atoms with van der Waals surface area (Å²) in [7, 11) is 1.64. The van der Waals surface area contributed by atoms with Gasteiger partial charge >= 0.3 is 5.97 Å². The number of thioether (sulfide) groups is 1. The molecule has 0 fully saturated rings. The van der Waals surface area contributed by atoms with Gasteiger partial charge in [0.1, 0.15) is 5.69 Å². The van der Waals surface area contributed by atoms with Gasteiger partial charge in [-0.2, -0.15) is 0 Å². The molecule has 1 N–H and O–H groups in total. The van der Waals surface area contributed by atoms with Crippen LogP contribution in [0.5, 0.6) is 0 Å². The molecule has 0 aliphatic rings. The lowest BCUT2D eigenvalue weighted by Crippen LogP contribution is -2.35. The summed E-state index contributed by atoms with van der Waals surface area (Å²) < 4.78 is 6.51. The number of hydrogen-bond acceptors (Lipinski definition) is 8. The second kappa shape index (κ2) is 10.6. The average Bonchev–Trinajstić information content (AvgIpc) is 3.27. The zero-order valence-electron chi connectivity index (χ0n) is 18.1. The number of hydrogen-bond donors (Lipinski definition) is 1. The van der Waals surface area contributed by atoms with Gasteiger partial charge in [-0.1, -0.05) is 18.2 Å². The number of nitro groups is 1. The minimum absolute atomic E-state index is 0.0238. The summed E-state index contributed by atoms with van der Waals surface area (Å²) >= 11 is 1.17. The number of carbonyl (C=O) groups excluding carboxylic acids is 4. The van der Waals surface area contributed by atoms with Crippen molar-refractivity contribution in [2.24, 2.45) is 7.05 Å². The largest absolute Gasteiger partial charge is 0.452 e. The molecule has 0 saturated heterocycles. The van der Waals surface area contributed by atoms with E-state index < -0.39 is 35.1 Å². The Balaban J connectivity index is 1.74. The fourth-order valence-electron chi connectivity index (χ4n) is 3.12. The third kappa shape index (κ3) is 5.38. The summed E-state index contributed by atoms with van der Waals surface area (Å²) in [6.07, 6.45) is 3.31. The molecule has 2 aromatic carbocycles. The number of benzene rings is 2. The van der Waals surface area contributed by atoms with Gasteiger partial charge in [-0.3, -0.25) is 29.8 Å². The van der Waals surface area contributed by atoms with E-state index in [1.54, 1.807) is 25.6 Å². The van der Waals surface area contributed by atoms with Gasteiger partial charge in [-0.15, -0.1) is 11.8 Å². The van der Waals surface area contributed by atoms with Gasteiger partial charge in [0.2, 0.25) is 0 Å². The molecule has 0 aliphatic heterocycles. The Morgan fingerprint density at radius 2 is 1.76 bits per heavy atom. The number of esters is 1. The van der Waals surface area contributed by atoms with E-state index in [-0.39, 0.29) is 28.1 Å². The van der Waals surface area contributed by atoms with Crippen LogP contribution in [0.2, 0.25) is 0 Å². The third-order valence-corrected chi connectivity index (χ3v) is 5.58. The smallest absolute Gasteiger partial charge is 0.339 e. The maximum Gasteiger partial charge on any atom is 0.339 e. The van der Waals surface area contributed by atoms with Crippen molar-refractivity contribution >= 4 is 41.0 Å². The number of aromatic nitrogens is 1. The fraction of sp³-hybridized carbons (Fsp3) is 0.130. The van der Waals surface area contributed by atoms with Gasteiger partial charge in [0, 0.05) is 30.4 Å². The van der Waals surface area contributed by atoms with E-state index in [0.29, 0.717) is 4.90 Å². The SMILES string of the molecule is CSc1ccc(C(=O)c2ccccc2C(=O)OCC(=O)NC(=O)c2cccn2C)cc1[N+](=O)[O-]. The first kappa shape index (κ1) is 24.4. The predicted octanol–water partition coefficient (Wildman–Crippen LogP) is 3.00. The van der Waals surface area contributed by atoms with Crippen LogP contribution < -0.4 is 5.32 Å². The highest BCUT2D eigenvalue weighted by molar-refractivity contribution is 7.98. The van der Waals surface area contributed by atoms with Crippen LogP contribution in [0.25, 0.3) is 0 Å². The summed E-state index contributed by atoms with van der Waals surface area (Å²) in [4.78, 5) is 60.9. The van der Waals surface area contributed by atoms with E-state index in [2.05, 4.69) is 5.32 Å². The quantitative estimate of drug-likeness (QED) is 0.170. The van der Waals surface area contributed by atoms with Crippen LogP contribution in [-0.2, 0) is 16.6 Å². The predicted molar refractivity (Wildman–Crippen MR) is 123 cm³/mol. The number of nitrogens with zero attached hydrogens (tertiary/aromatic N) is 2. The van der Waals surface area contributed by atoms with E-state index >= 15 is 0 Å². The molecule has 0 bridgehead atoms. The number of imide groups is 1. The van der Waals surface area contributed by atoms with E-state index in [9.17, 15) is 29.3 Å². The Kier molecular flexibility index (Phi) is 7.59. The van der Waals surface area contributed by atoms with Crippen LogP contribution in [-0.4, -0.2) is 45.9 Å². The van der Waals surface area contributed by atoms with Crippen molar-refractivity contribution < 1.29 is 28.8 Å². The van der Waals surface area contributed by atoms with Crippen molar-refractivity contribution in [3.63, 3.8) is 0 Å². The van der Waals surface area contributed by atoms with Crippen molar-refractivity contribution in [2.45, 2.75) is 4.90 Å². The maximum absolute atomic E-state index is 13.0. The Hall–Kier alpha value is -4.25. The van der Waals surface area contributed by atoms with Crippen LogP contribution in [0.3, 0.4) is 0 Å².